The Morgan fingerprint density at radius 1 is 1.21 bits per heavy atom. The molecule has 0 saturated heterocycles. The minimum absolute atomic E-state index is 0.739. The van der Waals surface area contributed by atoms with Crippen molar-refractivity contribution in [1.29, 1.82) is 0 Å². The van der Waals surface area contributed by atoms with Crippen molar-refractivity contribution in [1.82, 2.24) is 14.3 Å². The van der Waals surface area contributed by atoms with Crippen LogP contribution in [0.15, 0.2) is 30.5 Å². The molecule has 0 aliphatic rings. The maximum absolute atomic E-state index is 6.32. The zero-order valence-corrected chi connectivity index (χ0v) is 12.1. The van der Waals surface area contributed by atoms with Crippen molar-refractivity contribution >= 4 is 22.5 Å². The zero-order valence-electron chi connectivity index (χ0n) is 11.3. The third kappa shape index (κ3) is 2.04. The van der Waals surface area contributed by atoms with Crippen molar-refractivity contribution in [3.05, 3.63) is 52.4 Å². The number of nitrogens with zero attached hydrogens (tertiary/aromatic N) is 3. The summed E-state index contributed by atoms with van der Waals surface area (Å²) < 4.78 is 4.07. The second-order valence-electron chi connectivity index (χ2n) is 4.98. The first-order valence-electron chi connectivity index (χ1n) is 6.30. The molecule has 0 bridgehead atoms. The third-order valence-corrected chi connectivity index (χ3v) is 4.00. The van der Waals surface area contributed by atoms with Crippen LogP contribution in [0.1, 0.15) is 17.0 Å². The fourth-order valence-electron chi connectivity index (χ4n) is 2.45. The Balaban J connectivity index is 2.08. The van der Waals surface area contributed by atoms with E-state index in [1.165, 1.54) is 16.5 Å². The van der Waals surface area contributed by atoms with Gasteiger partial charge in [0.05, 0.1) is 23.0 Å². The van der Waals surface area contributed by atoms with E-state index >= 15 is 0 Å². The molecule has 0 unspecified atom stereocenters. The quantitative estimate of drug-likeness (QED) is 0.698. The van der Waals surface area contributed by atoms with E-state index in [9.17, 15) is 0 Å². The van der Waals surface area contributed by atoms with Crippen LogP contribution in [0.25, 0.3) is 10.9 Å². The molecule has 3 rings (SSSR count). The Morgan fingerprint density at radius 3 is 2.68 bits per heavy atom. The number of fused-ring (bicyclic) bond motifs is 1. The van der Waals surface area contributed by atoms with Gasteiger partial charge in [-0.25, -0.2) is 0 Å². The van der Waals surface area contributed by atoms with Crippen molar-refractivity contribution < 1.29 is 0 Å². The van der Waals surface area contributed by atoms with Gasteiger partial charge in [0.2, 0.25) is 0 Å². The predicted molar refractivity (Wildman–Crippen MR) is 78.7 cm³/mol. The Kier molecular flexibility index (Phi) is 2.86. The largest absolute Gasteiger partial charge is 0.341 e. The fourth-order valence-corrected chi connectivity index (χ4v) is 2.66. The molecule has 3 aromatic rings. The monoisotopic (exact) mass is 273 g/mol. The number of halogens is 1. The molecule has 0 aliphatic heterocycles. The van der Waals surface area contributed by atoms with Gasteiger partial charge in [0.1, 0.15) is 0 Å². The van der Waals surface area contributed by atoms with Crippen LogP contribution in [0.2, 0.25) is 5.02 Å². The van der Waals surface area contributed by atoms with Crippen LogP contribution in [-0.2, 0) is 13.6 Å². The summed E-state index contributed by atoms with van der Waals surface area (Å²) in [4.78, 5) is 0. The maximum atomic E-state index is 6.32. The molecule has 0 radical (unpaired) electrons. The van der Waals surface area contributed by atoms with Crippen LogP contribution >= 0.6 is 11.6 Å². The summed E-state index contributed by atoms with van der Waals surface area (Å²) >= 11 is 6.32. The van der Waals surface area contributed by atoms with Gasteiger partial charge in [-0.05, 0) is 36.9 Å². The summed E-state index contributed by atoms with van der Waals surface area (Å²) in [6.07, 6.45) is 2.10. The lowest BCUT2D eigenvalue weighted by molar-refractivity contribution is 0.673. The van der Waals surface area contributed by atoms with E-state index in [0.717, 1.165) is 23.0 Å². The van der Waals surface area contributed by atoms with Gasteiger partial charge in [-0.3, -0.25) is 4.68 Å². The van der Waals surface area contributed by atoms with Gasteiger partial charge in [-0.15, -0.1) is 0 Å². The van der Waals surface area contributed by atoms with Crippen LogP contribution in [0.5, 0.6) is 0 Å². The van der Waals surface area contributed by atoms with E-state index in [1.807, 2.05) is 18.7 Å². The average molecular weight is 274 g/mol. The first kappa shape index (κ1) is 12.3. The Labute approximate surface area is 117 Å². The van der Waals surface area contributed by atoms with Gasteiger partial charge in [0.15, 0.2) is 0 Å². The van der Waals surface area contributed by atoms with E-state index in [-0.39, 0.29) is 0 Å². The number of hydrogen-bond acceptors (Lipinski definition) is 1. The van der Waals surface area contributed by atoms with Crippen molar-refractivity contribution in [3.63, 3.8) is 0 Å². The average Bonchev–Trinajstić information content (AvgIpc) is 2.86. The number of rotatable bonds is 2. The molecular formula is C15H16ClN3. The molecule has 4 heteroatoms. The summed E-state index contributed by atoms with van der Waals surface area (Å²) in [5, 5.41) is 6.37. The van der Waals surface area contributed by atoms with E-state index in [0.29, 0.717) is 0 Å². The van der Waals surface area contributed by atoms with Crippen molar-refractivity contribution in [2.24, 2.45) is 7.05 Å². The predicted octanol–water partition coefficient (Wildman–Crippen LogP) is 3.69. The van der Waals surface area contributed by atoms with Crippen LogP contribution in [0.4, 0.5) is 0 Å². The van der Waals surface area contributed by atoms with E-state index in [2.05, 4.69) is 47.1 Å². The minimum Gasteiger partial charge on any atom is -0.341 e. The third-order valence-electron chi connectivity index (χ3n) is 3.51. The van der Waals surface area contributed by atoms with Crippen molar-refractivity contribution in [2.45, 2.75) is 20.4 Å². The molecule has 19 heavy (non-hydrogen) atoms. The molecule has 0 aliphatic carbocycles. The Hall–Kier alpha value is -1.74. The normalized spacial score (nSPS) is 11.4. The Bertz CT molecular complexity index is 752. The van der Waals surface area contributed by atoms with Gasteiger partial charge < -0.3 is 4.57 Å². The summed E-state index contributed by atoms with van der Waals surface area (Å²) in [7, 11) is 1.94. The molecule has 0 spiro atoms. The van der Waals surface area contributed by atoms with E-state index < -0.39 is 0 Å². The molecule has 1 aromatic carbocycles. The van der Waals surface area contributed by atoms with Crippen LogP contribution in [-0.4, -0.2) is 14.3 Å². The van der Waals surface area contributed by atoms with E-state index in [4.69, 9.17) is 11.6 Å². The van der Waals surface area contributed by atoms with Crippen LogP contribution in [0, 0.1) is 13.8 Å². The van der Waals surface area contributed by atoms with Gasteiger partial charge in [-0.1, -0.05) is 23.7 Å². The number of aromatic nitrogens is 3. The molecule has 2 heterocycles. The Morgan fingerprint density at radius 2 is 2.00 bits per heavy atom. The highest BCUT2D eigenvalue weighted by Gasteiger charge is 2.12. The molecule has 0 N–H and O–H groups in total. The fraction of sp³-hybridized carbons (Fsp3) is 0.267. The number of benzene rings is 1. The first-order valence-corrected chi connectivity index (χ1v) is 6.67. The first-order chi connectivity index (χ1) is 9.06. The van der Waals surface area contributed by atoms with Crippen molar-refractivity contribution in [3.8, 4) is 0 Å². The molecule has 98 valence electrons. The topological polar surface area (TPSA) is 22.8 Å². The molecule has 0 fully saturated rings. The van der Waals surface area contributed by atoms with Gasteiger partial charge in [0, 0.05) is 18.8 Å². The molecule has 0 amide bonds. The highest BCUT2D eigenvalue weighted by atomic mass is 35.5. The second-order valence-corrected chi connectivity index (χ2v) is 5.35. The minimum atomic E-state index is 0.739. The molecule has 0 saturated carbocycles. The van der Waals surface area contributed by atoms with Gasteiger partial charge in [-0.2, -0.15) is 5.10 Å². The maximum Gasteiger partial charge on any atom is 0.0865 e. The summed E-state index contributed by atoms with van der Waals surface area (Å²) in [6, 6.07) is 8.61. The lowest BCUT2D eigenvalue weighted by Crippen LogP contribution is -2.05. The summed E-state index contributed by atoms with van der Waals surface area (Å²) in [5.74, 6) is 0. The van der Waals surface area contributed by atoms with Crippen LogP contribution < -0.4 is 0 Å². The van der Waals surface area contributed by atoms with Gasteiger partial charge >= 0.3 is 0 Å². The summed E-state index contributed by atoms with van der Waals surface area (Å²) in [5.41, 5.74) is 4.42. The SMILES string of the molecule is Cc1ccc2ccn(Cc3c(Cl)c(C)nn3C)c2c1. The smallest absolute Gasteiger partial charge is 0.0865 e. The highest BCUT2D eigenvalue weighted by molar-refractivity contribution is 6.31. The van der Waals surface area contributed by atoms with Crippen LogP contribution in [0.3, 0.4) is 0 Å². The lowest BCUT2D eigenvalue weighted by atomic mass is 10.2. The second kappa shape index (κ2) is 4.42. The van der Waals surface area contributed by atoms with Gasteiger partial charge in [0.25, 0.3) is 0 Å². The van der Waals surface area contributed by atoms with Crippen molar-refractivity contribution in [2.75, 3.05) is 0 Å². The molecule has 2 aromatic heterocycles. The zero-order chi connectivity index (χ0) is 13.6. The number of aryl methyl sites for hydroxylation is 3. The van der Waals surface area contributed by atoms with E-state index in [1.54, 1.807) is 0 Å². The molecule has 3 nitrogen and oxygen atoms in total. The standard InChI is InChI=1S/C15H16ClN3/c1-10-4-5-12-6-7-19(13(12)8-10)9-14-15(16)11(2)17-18(14)3/h4-8H,9H2,1-3H3. The summed E-state index contributed by atoms with van der Waals surface area (Å²) in [6.45, 7) is 4.78. The molecule has 0 atom stereocenters. The highest BCUT2D eigenvalue weighted by Crippen LogP contribution is 2.23. The lowest BCUT2D eigenvalue weighted by Gasteiger charge is -2.07. The molecular weight excluding hydrogens is 258 g/mol. The number of hydrogen-bond donors (Lipinski definition) is 0.